The van der Waals surface area contributed by atoms with Crippen molar-refractivity contribution in [2.75, 3.05) is 23.3 Å². The van der Waals surface area contributed by atoms with Crippen LogP contribution >= 0.6 is 0 Å². The molecule has 1 fully saturated rings. The summed E-state index contributed by atoms with van der Waals surface area (Å²) < 4.78 is 26.9. The topological polar surface area (TPSA) is 58.1 Å². The highest BCUT2D eigenvalue weighted by molar-refractivity contribution is 5.94. The second-order valence-corrected chi connectivity index (χ2v) is 6.34. The Hall–Kier alpha value is -3.35. The van der Waals surface area contributed by atoms with Crippen molar-refractivity contribution in [3.05, 3.63) is 72.6 Å². The van der Waals surface area contributed by atoms with Crippen LogP contribution in [0.1, 0.15) is 0 Å². The highest BCUT2D eigenvalue weighted by Crippen LogP contribution is 2.27. The third-order valence-electron chi connectivity index (χ3n) is 4.48. The van der Waals surface area contributed by atoms with E-state index in [2.05, 4.69) is 15.3 Å². The number of amides is 1. The Morgan fingerprint density at radius 2 is 1.81 bits per heavy atom. The monoisotopic (exact) mass is 366 g/mol. The number of rotatable bonds is 4. The van der Waals surface area contributed by atoms with E-state index in [-0.39, 0.29) is 17.5 Å². The van der Waals surface area contributed by atoms with Gasteiger partial charge in [0, 0.05) is 30.8 Å². The lowest BCUT2D eigenvalue weighted by molar-refractivity contribution is -0.120. The van der Waals surface area contributed by atoms with Crippen molar-refractivity contribution in [3.63, 3.8) is 0 Å². The second-order valence-electron chi connectivity index (χ2n) is 6.34. The van der Waals surface area contributed by atoms with Gasteiger partial charge in [-0.05, 0) is 12.1 Å². The average molecular weight is 366 g/mol. The maximum absolute atomic E-state index is 13.7. The number of anilines is 2. The summed E-state index contributed by atoms with van der Waals surface area (Å²) in [7, 11) is 0. The number of benzene rings is 2. The standard InChI is InChI=1S/C20H16F2N4O/c21-15-6-7-16(22)18(8-15)25-20(27)14-10-26(11-14)19-9-17(23-12-24-19)13-4-2-1-3-5-13/h1-9,12,14H,10-11H2,(H,25,27). The van der Waals surface area contributed by atoms with Crippen molar-refractivity contribution in [1.29, 1.82) is 0 Å². The van der Waals surface area contributed by atoms with E-state index in [4.69, 9.17) is 0 Å². The van der Waals surface area contributed by atoms with E-state index in [1.165, 1.54) is 6.33 Å². The summed E-state index contributed by atoms with van der Waals surface area (Å²) in [6.07, 6.45) is 1.49. The molecule has 1 amide bonds. The zero-order chi connectivity index (χ0) is 18.8. The highest BCUT2D eigenvalue weighted by Gasteiger charge is 2.34. The van der Waals surface area contributed by atoms with E-state index >= 15 is 0 Å². The van der Waals surface area contributed by atoms with Crippen molar-refractivity contribution in [2.45, 2.75) is 0 Å². The fraction of sp³-hybridized carbons (Fsp3) is 0.150. The van der Waals surface area contributed by atoms with Crippen LogP contribution in [0.4, 0.5) is 20.3 Å². The first-order valence-corrected chi connectivity index (χ1v) is 8.48. The fourth-order valence-corrected chi connectivity index (χ4v) is 2.95. The van der Waals surface area contributed by atoms with Gasteiger partial charge in [-0.2, -0.15) is 0 Å². The van der Waals surface area contributed by atoms with Crippen LogP contribution < -0.4 is 10.2 Å². The molecule has 1 aromatic heterocycles. The Labute approximate surface area is 154 Å². The molecule has 0 spiro atoms. The maximum atomic E-state index is 13.7. The number of nitrogens with one attached hydrogen (secondary N) is 1. The maximum Gasteiger partial charge on any atom is 0.231 e. The van der Waals surface area contributed by atoms with E-state index in [1.54, 1.807) is 0 Å². The van der Waals surface area contributed by atoms with Crippen LogP contribution in [-0.4, -0.2) is 29.0 Å². The summed E-state index contributed by atoms with van der Waals surface area (Å²) >= 11 is 0. The molecular weight excluding hydrogens is 350 g/mol. The normalized spacial score (nSPS) is 13.9. The van der Waals surface area contributed by atoms with Gasteiger partial charge >= 0.3 is 0 Å². The van der Waals surface area contributed by atoms with Crippen LogP contribution in [0.5, 0.6) is 0 Å². The van der Waals surface area contributed by atoms with Crippen molar-refractivity contribution in [3.8, 4) is 11.3 Å². The van der Waals surface area contributed by atoms with E-state index < -0.39 is 11.6 Å². The lowest BCUT2D eigenvalue weighted by atomic mass is 9.98. The zero-order valence-corrected chi connectivity index (χ0v) is 14.3. The molecule has 7 heteroatoms. The fourth-order valence-electron chi connectivity index (χ4n) is 2.95. The number of hydrogen-bond donors (Lipinski definition) is 1. The zero-order valence-electron chi connectivity index (χ0n) is 14.3. The first kappa shape index (κ1) is 17.1. The molecule has 0 unspecified atom stereocenters. The Morgan fingerprint density at radius 1 is 1.04 bits per heavy atom. The minimum Gasteiger partial charge on any atom is -0.355 e. The molecule has 0 bridgehead atoms. The van der Waals surface area contributed by atoms with Gasteiger partial charge in [-0.1, -0.05) is 30.3 Å². The first-order valence-electron chi connectivity index (χ1n) is 8.48. The molecule has 0 atom stereocenters. The van der Waals surface area contributed by atoms with E-state index in [1.807, 2.05) is 41.3 Å². The Bertz CT molecular complexity index is 975. The Kier molecular flexibility index (Phi) is 4.50. The summed E-state index contributed by atoms with van der Waals surface area (Å²) in [5, 5.41) is 2.45. The van der Waals surface area contributed by atoms with E-state index in [0.29, 0.717) is 13.1 Å². The summed E-state index contributed by atoms with van der Waals surface area (Å²) in [6.45, 7) is 0.905. The summed E-state index contributed by atoms with van der Waals surface area (Å²) in [5.41, 5.74) is 1.64. The summed E-state index contributed by atoms with van der Waals surface area (Å²) in [4.78, 5) is 22.8. The van der Waals surface area contributed by atoms with Gasteiger partial charge in [-0.25, -0.2) is 18.7 Å². The van der Waals surface area contributed by atoms with Crippen LogP contribution in [0.2, 0.25) is 0 Å². The molecule has 1 saturated heterocycles. The largest absolute Gasteiger partial charge is 0.355 e. The van der Waals surface area contributed by atoms with Gasteiger partial charge in [0.05, 0.1) is 17.3 Å². The molecule has 2 heterocycles. The molecule has 2 aromatic carbocycles. The minimum atomic E-state index is -0.663. The van der Waals surface area contributed by atoms with Crippen molar-refractivity contribution < 1.29 is 13.6 Å². The van der Waals surface area contributed by atoms with Crippen molar-refractivity contribution >= 4 is 17.4 Å². The van der Waals surface area contributed by atoms with Crippen molar-refractivity contribution in [1.82, 2.24) is 9.97 Å². The molecule has 0 saturated carbocycles. The highest BCUT2D eigenvalue weighted by atomic mass is 19.1. The first-order chi connectivity index (χ1) is 13.1. The molecule has 3 aromatic rings. The smallest absolute Gasteiger partial charge is 0.231 e. The van der Waals surface area contributed by atoms with Crippen LogP contribution in [-0.2, 0) is 4.79 Å². The number of aromatic nitrogens is 2. The minimum absolute atomic E-state index is 0.146. The van der Waals surface area contributed by atoms with Crippen LogP contribution in [0.3, 0.4) is 0 Å². The van der Waals surface area contributed by atoms with Crippen LogP contribution in [0.15, 0.2) is 60.9 Å². The van der Waals surface area contributed by atoms with Gasteiger partial charge in [0.1, 0.15) is 23.8 Å². The Morgan fingerprint density at radius 3 is 2.59 bits per heavy atom. The predicted octanol–water partition coefficient (Wildman–Crippen LogP) is 3.50. The molecule has 27 heavy (non-hydrogen) atoms. The van der Waals surface area contributed by atoms with E-state index in [9.17, 15) is 13.6 Å². The van der Waals surface area contributed by atoms with Gasteiger partial charge in [0.2, 0.25) is 5.91 Å². The van der Waals surface area contributed by atoms with Crippen molar-refractivity contribution in [2.24, 2.45) is 5.92 Å². The van der Waals surface area contributed by atoms with Gasteiger partial charge in [0.25, 0.3) is 0 Å². The lowest BCUT2D eigenvalue weighted by Crippen LogP contribution is -2.52. The molecule has 136 valence electrons. The summed E-state index contributed by atoms with van der Waals surface area (Å²) in [6, 6.07) is 14.6. The second kappa shape index (κ2) is 7.11. The summed E-state index contributed by atoms with van der Waals surface area (Å²) in [5.74, 6) is -1.19. The van der Waals surface area contributed by atoms with Crippen LogP contribution in [0.25, 0.3) is 11.3 Å². The van der Waals surface area contributed by atoms with Gasteiger partial charge in [-0.3, -0.25) is 4.79 Å². The average Bonchev–Trinajstić information content (AvgIpc) is 2.64. The SMILES string of the molecule is O=C(Nc1cc(F)ccc1F)C1CN(c2cc(-c3ccccc3)ncn2)C1. The van der Waals surface area contributed by atoms with Crippen LogP contribution in [0, 0.1) is 17.6 Å². The number of halogens is 2. The third kappa shape index (κ3) is 3.62. The molecular formula is C20H16F2N4O. The van der Waals surface area contributed by atoms with Gasteiger partial charge < -0.3 is 10.2 Å². The molecule has 0 aliphatic carbocycles. The predicted molar refractivity (Wildman–Crippen MR) is 98.2 cm³/mol. The van der Waals surface area contributed by atoms with Gasteiger partial charge in [0.15, 0.2) is 0 Å². The number of hydrogen-bond acceptors (Lipinski definition) is 4. The number of carbonyl (C=O) groups excluding carboxylic acids is 1. The molecule has 1 aliphatic rings. The third-order valence-corrected chi connectivity index (χ3v) is 4.48. The molecule has 5 nitrogen and oxygen atoms in total. The molecule has 1 aliphatic heterocycles. The van der Waals surface area contributed by atoms with Gasteiger partial charge in [-0.15, -0.1) is 0 Å². The lowest BCUT2D eigenvalue weighted by Gasteiger charge is -2.39. The number of nitrogens with zero attached hydrogens (tertiary/aromatic N) is 3. The quantitative estimate of drug-likeness (QED) is 0.768. The molecule has 0 radical (unpaired) electrons. The Balaban J connectivity index is 1.41. The number of carbonyl (C=O) groups is 1. The van der Waals surface area contributed by atoms with E-state index in [0.717, 1.165) is 35.3 Å². The molecule has 1 N–H and O–H groups in total. The molecule has 4 rings (SSSR count).